The SMILES string of the molecule is COC(=O)c1ccc(NC(=O)c2ccc(SCCC(C)C)c([N+](=O)[O-])c2)cc1. The highest BCUT2D eigenvalue weighted by molar-refractivity contribution is 7.99. The van der Waals surface area contributed by atoms with Crippen LogP contribution in [0, 0.1) is 16.0 Å². The van der Waals surface area contributed by atoms with Crippen molar-refractivity contribution in [3.63, 3.8) is 0 Å². The fraction of sp³-hybridized carbons (Fsp3) is 0.300. The van der Waals surface area contributed by atoms with Crippen molar-refractivity contribution in [3.8, 4) is 0 Å². The summed E-state index contributed by atoms with van der Waals surface area (Å²) in [5, 5.41) is 14.1. The number of carbonyl (C=O) groups is 2. The van der Waals surface area contributed by atoms with Gasteiger partial charge in [-0.05, 0) is 54.5 Å². The molecule has 1 N–H and O–H groups in total. The van der Waals surface area contributed by atoms with Crippen molar-refractivity contribution in [1.29, 1.82) is 0 Å². The average molecular weight is 402 g/mol. The van der Waals surface area contributed by atoms with Crippen LogP contribution in [0.2, 0.25) is 0 Å². The molecule has 7 nitrogen and oxygen atoms in total. The van der Waals surface area contributed by atoms with Gasteiger partial charge in [-0.15, -0.1) is 11.8 Å². The molecular formula is C20H22N2O5S. The van der Waals surface area contributed by atoms with Crippen LogP contribution in [0.1, 0.15) is 41.0 Å². The maximum absolute atomic E-state index is 12.4. The standard InChI is InChI=1S/C20H22N2O5S/c1-13(2)10-11-28-18-9-6-15(12-17(18)22(25)26)19(23)21-16-7-4-14(5-8-16)20(24)27-3/h4-9,12-13H,10-11H2,1-3H3,(H,21,23). The third-order valence-corrected chi connectivity index (χ3v) is 5.03. The number of amides is 1. The highest BCUT2D eigenvalue weighted by Crippen LogP contribution is 2.31. The van der Waals surface area contributed by atoms with Gasteiger partial charge in [0.25, 0.3) is 11.6 Å². The fourth-order valence-corrected chi connectivity index (χ4v) is 3.59. The maximum atomic E-state index is 12.4. The summed E-state index contributed by atoms with van der Waals surface area (Å²) < 4.78 is 4.62. The summed E-state index contributed by atoms with van der Waals surface area (Å²) in [6, 6.07) is 10.7. The molecular weight excluding hydrogens is 380 g/mol. The summed E-state index contributed by atoms with van der Waals surface area (Å²) in [6.07, 6.45) is 0.950. The highest BCUT2D eigenvalue weighted by atomic mass is 32.2. The van der Waals surface area contributed by atoms with Gasteiger partial charge in [-0.2, -0.15) is 0 Å². The molecule has 2 rings (SSSR count). The number of nitrogens with one attached hydrogen (secondary N) is 1. The zero-order chi connectivity index (χ0) is 20.7. The smallest absolute Gasteiger partial charge is 0.337 e. The summed E-state index contributed by atoms with van der Waals surface area (Å²) in [5.74, 6) is 0.352. The number of thioether (sulfide) groups is 1. The second-order valence-corrected chi connectivity index (χ2v) is 7.63. The van der Waals surface area contributed by atoms with Crippen LogP contribution in [0.15, 0.2) is 47.4 Å². The van der Waals surface area contributed by atoms with Crippen LogP contribution in [0.4, 0.5) is 11.4 Å². The number of hydrogen-bond acceptors (Lipinski definition) is 6. The number of esters is 1. The van der Waals surface area contributed by atoms with Crippen molar-refractivity contribution in [1.82, 2.24) is 0 Å². The Bertz CT molecular complexity index is 865. The lowest BCUT2D eigenvalue weighted by Crippen LogP contribution is -2.12. The predicted octanol–water partition coefficient (Wildman–Crippen LogP) is 4.77. The molecule has 8 heteroatoms. The Morgan fingerprint density at radius 1 is 1.14 bits per heavy atom. The van der Waals surface area contributed by atoms with Gasteiger partial charge in [-0.25, -0.2) is 4.79 Å². The van der Waals surface area contributed by atoms with E-state index in [-0.39, 0.29) is 11.3 Å². The first-order valence-electron chi connectivity index (χ1n) is 8.72. The van der Waals surface area contributed by atoms with E-state index in [1.807, 2.05) is 0 Å². The van der Waals surface area contributed by atoms with Gasteiger partial charge in [0.05, 0.1) is 22.5 Å². The van der Waals surface area contributed by atoms with Crippen molar-refractivity contribution >= 4 is 35.0 Å². The van der Waals surface area contributed by atoms with E-state index < -0.39 is 16.8 Å². The van der Waals surface area contributed by atoms with Crippen LogP contribution in [-0.2, 0) is 4.74 Å². The van der Waals surface area contributed by atoms with E-state index in [4.69, 9.17) is 0 Å². The van der Waals surface area contributed by atoms with Crippen LogP contribution >= 0.6 is 11.8 Å². The van der Waals surface area contributed by atoms with Gasteiger partial charge in [-0.1, -0.05) is 13.8 Å². The Hall–Kier alpha value is -2.87. The first-order chi connectivity index (χ1) is 13.3. The van der Waals surface area contributed by atoms with Crippen molar-refractivity contribution < 1.29 is 19.2 Å². The molecule has 0 aliphatic heterocycles. The molecule has 0 fully saturated rings. The quantitative estimate of drug-likeness (QED) is 0.295. The molecule has 0 saturated heterocycles. The zero-order valence-corrected chi connectivity index (χ0v) is 16.7. The lowest BCUT2D eigenvalue weighted by atomic mass is 10.1. The molecule has 0 aliphatic carbocycles. The minimum atomic E-state index is -0.473. The monoisotopic (exact) mass is 402 g/mol. The molecule has 0 radical (unpaired) electrons. The molecule has 0 atom stereocenters. The van der Waals surface area contributed by atoms with E-state index in [9.17, 15) is 19.7 Å². The number of carbonyl (C=O) groups excluding carboxylic acids is 2. The molecule has 0 bridgehead atoms. The second kappa shape index (κ2) is 9.89. The molecule has 148 valence electrons. The first-order valence-corrected chi connectivity index (χ1v) is 9.71. The third kappa shape index (κ3) is 5.82. The summed E-state index contributed by atoms with van der Waals surface area (Å²) in [5.41, 5.74) is 0.939. The van der Waals surface area contributed by atoms with Gasteiger partial charge < -0.3 is 10.1 Å². The third-order valence-electron chi connectivity index (χ3n) is 3.93. The van der Waals surface area contributed by atoms with Crippen molar-refractivity contribution in [2.45, 2.75) is 25.2 Å². The number of ether oxygens (including phenoxy) is 1. The van der Waals surface area contributed by atoms with Crippen LogP contribution in [0.25, 0.3) is 0 Å². The number of anilines is 1. The Labute approximate surface area is 167 Å². The van der Waals surface area contributed by atoms with Gasteiger partial charge in [-0.3, -0.25) is 14.9 Å². The summed E-state index contributed by atoms with van der Waals surface area (Å²) >= 11 is 1.42. The summed E-state index contributed by atoms with van der Waals surface area (Å²) in [4.78, 5) is 35.4. The topological polar surface area (TPSA) is 98.5 Å². The minimum Gasteiger partial charge on any atom is -0.465 e. The summed E-state index contributed by atoms with van der Waals surface area (Å²) in [6.45, 7) is 4.19. The van der Waals surface area contributed by atoms with E-state index in [2.05, 4.69) is 23.9 Å². The van der Waals surface area contributed by atoms with Crippen molar-refractivity contribution in [2.24, 2.45) is 5.92 Å². The number of methoxy groups -OCH3 is 1. The van der Waals surface area contributed by atoms with Gasteiger partial charge in [0.2, 0.25) is 0 Å². The van der Waals surface area contributed by atoms with Crippen molar-refractivity contribution in [2.75, 3.05) is 18.2 Å². The van der Waals surface area contributed by atoms with Crippen LogP contribution in [0.5, 0.6) is 0 Å². The van der Waals surface area contributed by atoms with Crippen molar-refractivity contribution in [3.05, 3.63) is 63.7 Å². The van der Waals surface area contributed by atoms with Crippen LogP contribution < -0.4 is 5.32 Å². The predicted molar refractivity (Wildman–Crippen MR) is 109 cm³/mol. The second-order valence-electron chi connectivity index (χ2n) is 6.49. The van der Waals surface area contributed by atoms with E-state index >= 15 is 0 Å². The normalized spacial score (nSPS) is 10.6. The molecule has 0 heterocycles. The number of nitro benzene ring substituents is 1. The average Bonchev–Trinajstić information content (AvgIpc) is 2.67. The Morgan fingerprint density at radius 3 is 2.36 bits per heavy atom. The van der Waals surface area contributed by atoms with Crippen LogP contribution in [0.3, 0.4) is 0 Å². The minimum absolute atomic E-state index is 0.0811. The number of nitrogens with zero attached hydrogens (tertiary/aromatic N) is 1. The molecule has 2 aromatic rings. The first kappa shape index (κ1) is 21.4. The maximum Gasteiger partial charge on any atom is 0.337 e. The van der Waals surface area contributed by atoms with Gasteiger partial charge in [0, 0.05) is 17.3 Å². The van der Waals surface area contributed by atoms with Gasteiger partial charge >= 0.3 is 5.97 Å². The lowest BCUT2D eigenvalue weighted by Gasteiger charge is -2.08. The molecule has 0 spiro atoms. The van der Waals surface area contributed by atoms with E-state index in [1.54, 1.807) is 24.3 Å². The number of benzene rings is 2. The lowest BCUT2D eigenvalue weighted by molar-refractivity contribution is -0.387. The Kier molecular flexibility index (Phi) is 7.57. The van der Waals surface area contributed by atoms with Gasteiger partial charge in [0.15, 0.2) is 0 Å². The number of rotatable bonds is 8. The molecule has 28 heavy (non-hydrogen) atoms. The number of nitro groups is 1. The Balaban J connectivity index is 2.13. The molecule has 1 amide bonds. The molecule has 0 aliphatic rings. The zero-order valence-electron chi connectivity index (χ0n) is 15.9. The molecule has 0 unspecified atom stereocenters. The summed E-state index contributed by atoms with van der Waals surface area (Å²) in [7, 11) is 1.29. The molecule has 0 saturated carbocycles. The Morgan fingerprint density at radius 2 is 1.79 bits per heavy atom. The van der Waals surface area contributed by atoms with E-state index in [0.717, 1.165) is 12.2 Å². The highest BCUT2D eigenvalue weighted by Gasteiger charge is 2.18. The fourth-order valence-electron chi connectivity index (χ4n) is 2.34. The van der Waals surface area contributed by atoms with E-state index in [0.29, 0.717) is 22.1 Å². The van der Waals surface area contributed by atoms with E-state index in [1.165, 1.54) is 37.1 Å². The van der Waals surface area contributed by atoms with Crippen LogP contribution in [-0.4, -0.2) is 29.7 Å². The number of hydrogen-bond donors (Lipinski definition) is 1. The molecule has 2 aromatic carbocycles. The molecule has 0 aromatic heterocycles. The largest absolute Gasteiger partial charge is 0.465 e. The van der Waals surface area contributed by atoms with Gasteiger partial charge in [0.1, 0.15) is 0 Å².